The zero-order chi connectivity index (χ0) is 22.5. The number of aromatic nitrogens is 2. The van der Waals surface area contributed by atoms with Crippen LogP contribution in [0.5, 0.6) is 5.75 Å². The zero-order valence-electron chi connectivity index (χ0n) is 17.3. The maximum atomic E-state index is 13.1. The first-order valence-corrected chi connectivity index (χ1v) is 10.4. The third-order valence-corrected chi connectivity index (χ3v) is 5.37. The van der Waals surface area contributed by atoms with Crippen molar-refractivity contribution in [2.24, 2.45) is 0 Å². The number of benzene rings is 1. The van der Waals surface area contributed by atoms with E-state index in [-0.39, 0.29) is 35.5 Å². The van der Waals surface area contributed by atoms with Gasteiger partial charge < -0.3 is 19.7 Å². The summed E-state index contributed by atoms with van der Waals surface area (Å²) in [5, 5.41) is 12.0. The number of pyridine rings is 1. The summed E-state index contributed by atoms with van der Waals surface area (Å²) in [6.45, 7) is 0.906. The van der Waals surface area contributed by atoms with Gasteiger partial charge in [-0.05, 0) is 36.6 Å². The SMILES string of the molecule is O=C(NCC(=O)N1CCCC(c2ncc(Cc3ccc(F)cc3)o2)C1)c1cncc(O)c1. The lowest BCUT2D eigenvalue weighted by molar-refractivity contribution is -0.131. The quantitative estimate of drug-likeness (QED) is 0.613. The number of rotatable bonds is 6. The fraction of sp³-hybridized carbons (Fsp3) is 0.304. The molecule has 2 amide bonds. The molecule has 1 saturated heterocycles. The topological polar surface area (TPSA) is 109 Å². The second-order valence-corrected chi connectivity index (χ2v) is 7.76. The first-order chi connectivity index (χ1) is 15.5. The second-order valence-electron chi connectivity index (χ2n) is 7.76. The first kappa shape index (κ1) is 21.5. The Balaban J connectivity index is 1.32. The van der Waals surface area contributed by atoms with Gasteiger partial charge in [0.1, 0.15) is 17.3 Å². The van der Waals surface area contributed by atoms with Gasteiger partial charge in [0.25, 0.3) is 5.91 Å². The summed E-state index contributed by atoms with van der Waals surface area (Å²) in [6.07, 6.45) is 6.38. The fourth-order valence-electron chi connectivity index (χ4n) is 3.72. The highest BCUT2D eigenvalue weighted by Gasteiger charge is 2.28. The van der Waals surface area contributed by atoms with Crippen molar-refractivity contribution in [3.05, 3.63) is 77.5 Å². The molecule has 4 rings (SSSR count). The maximum absolute atomic E-state index is 13.1. The van der Waals surface area contributed by atoms with Gasteiger partial charge in [-0.25, -0.2) is 9.37 Å². The monoisotopic (exact) mass is 438 g/mol. The first-order valence-electron chi connectivity index (χ1n) is 10.4. The van der Waals surface area contributed by atoms with E-state index in [1.54, 1.807) is 23.2 Å². The summed E-state index contributed by atoms with van der Waals surface area (Å²) in [6, 6.07) is 7.52. The standard InChI is InChI=1S/C23H23FN4O4/c24-18-5-3-15(4-6-18)8-20-12-27-23(32-20)16-2-1-7-28(14-16)21(30)13-26-22(31)17-9-19(29)11-25-10-17/h3-6,9-12,16,29H,1-2,7-8,13-14H2,(H,26,31). The predicted octanol–water partition coefficient (Wildman–Crippen LogP) is 2.64. The zero-order valence-corrected chi connectivity index (χ0v) is 17.3. The molecular weight excluding hydrogens is 415 g/mol. The van der Waals surface area contributed by atoms with E-state index < -0.39 is 5.91 Å². The molecule has 9 heteroatoms. The Morgan fingerprint density at radius 2 is 2.03 bits per heavy atom. The second kappa shape index (κ2) is 9.59. The van der Waals surface area contributed by atoms with Gasteiger partial charge in [0.2, 0.25) is 5.91 Å². The molecule has 2 N–H and O–H groups in total. The lowest BCUT2D eigenvalue weighted by atomic mass is 9.98. The molecule has 1 aromatic carbocycles. The minimum absolute atomic E-state index is 0.0272. The number of piperidine rings is 1. The Labute approximate surface area is 184 Å². The number of carbonyl (C=O) groups excluding carboxylic acids is 2. The number of nitrogens with zero attached hydrogens (tertiary/aromatic N) is 3. The predicted molar refractivity (Wildman–Crippen MR) is 112 cm³/mol. The molecule has 32 heavy (non-hydrogen) atoms. The van der Waals surface area contributed by atoms with Crippen LogP contribution in [0.1, 0.15) is 46.3 Å². The van der Waals surface area contributed by atoms with E-state index in [4.69, 9.17) is 4.42 Å². The van der Waals surface area contributed by atoms with Gasteiger partial charge in [0, 0.05) is 25.7 Å². The van der Waals surface area contributed by atoms with Crippen molar-refractivity contribution >= 4 is 11.8 Å². The van der Waals surface area contributed by atoms with Crippen LogP contribution in [0.2, 0.25) is 0 Å². The van der Waals surface area contributed by atoms with E-state index in [0.717, 1.165) is 18.4 Å². The van der Waals surface area contributed by atoms with Crippen LogP contribution in [0, 0.1) is 5.82 Å². The van der Waals surface area contributed by atoms with Crippen LogP contribution < -0.4 is 5.32 Å². The molecular formula is C23H23FN4O4. The number of hydrogen-bond donors (Lipinski definition) is 2. The molecule has 0 bridgehead atoms. The molecule has 1 fully saturated rings. The number of aromatic hydroxyl groups is 1. The van der Waals surface area contributed by atoms with Gasteiger partial charge in [-0.2, -0.15) is 0 Å². The van der Waals surface area contributed by atoms with E-state index in [1.165, 1.54) is 30.6 Å². The number of carbonyl (C=O) groups is 2. The van der Waals surface area contributed by atoms with Crippen LogP contribution in [-0.2, 0) is 11.2 Å². The summed E-state index contributed by atoms with van der Waals surface area (Å²) in [5.41, 5.74) is 1.11. The highest BCUT2D eigenvalue weighted by Crippen LogP contribution is 2.27. The van der Waals surface area contributed by atoms with Crippen LogP contribution in [0.15, 0.2) is 53.3 Å². The number of nitrogens with one attached hydrogen (secondary N) is 1. The highest BCUT2D eigenvalue weighted by molar-refractivity contribution is 5.96. The number of amides is 2. The van der Waals surface area contributed by atoms with Gasteiger partial charge in [0.15, 0.2) is 5.89 Å². The lowest BCUT2D eigenvalue weighted by Gasteiger charge is -2.31. The molecule has 1 aliphatic heterocycles. The van der Waals surface area contributed by atoms with Crippen molar-refractivity contribution < 1.29 is 23.5 Å². The molecule has 0 spiro atoms. The Morgan fingerprint density at radius 1 is 1.22 bits per heavy atom. The number of likely N-dealkylation sites (tertiary alicyclic amines) is 1. The van der Waals surface area contributed by atoms with E-state index in [1.807, 2.05) is 0 Å². The fourth-order valence-corrected chi connectivity index (χ4v) is 3.72. The minimum Gasteiger partial charge on any atom is -0.506 e. The number of oxazole rings is 1. The van der Waals surface area contributed by atoms with Gasteiger partial charge >= 0.3 is 0 Å². The Kier molecular flexibility index (Phi) is 6.44. The van der Waals surface area contributed by atoms with Crippen molar-refractivity contribution in [1.82, 2.24) is 20.2 Å². The molecule has 0 aliphatic carbocycles. The smallest absolute Gasteiger partial charge is 0.253 e. The molecule has 8 nitrogen and oxygen atoms in total. The average molecular weight is 438 g/mol. The van der Waals surface area contributed by atoms with Crippen LogP contribution in [0.25, 0.3) is 0 Å². The summed E-state index contributed by atoms with van der Waals surface area (Å²) in [4.78, 5) is 34.6. The third kappa shape index (κ3) is 5.29. The molecule has 1 aliphatic rings. The van der Waals surface area contributed by atoms with Crippen LogP contribution in [0.4, 0.5) is 4.39 Å². The Morgan fingerprint density at radius 3 is 2.81 bits per heavy atom. The summed E-state index contributed by atoms with van der Waals surface area (Å²) in [5.74, 6) is 0.154. The van der Waals surface area contributed by atoms with Gasteiger partial charge in [-0.1, -0.05) is 12.1 Å². The summed E-state index contributed by atoms with van der Waals surface area (Å²) >= 11 is 0. The highest BCUT2D eigenvalue weighted by atomic mass is 19.1. The van der Waals surface area contributed by atoms with E-state index in [9.17, 15) is 19.1 Å². The van der Waals surface area contributed by atoms with Crippen molar-refractivity contribution in [3.8, 4) is 5.75 Å². The molecule has 2 aromatic heterocycles. The lowest BCUT2D eigenvalue weighted by Crippen LogP contribution is -2.44. The molecule has 166 valence electrons. The van der Waals surface area contributed by atoms with Gasteiger partial charge in [0.05, 0.1) is 30.4 Å². The number of halogens is 1. The van der Waals surface area contributed by atoms with Crippen molar-refractivity contribution in [2.75, 3.05) is 19.6 Å². The molecule has 3 heterocycles. The largest absolute Gasteiger partial charge is 0.506 e. The molecule has 3 aromatic rings. The average Bonchev–Trinajstić information content (AvgIpc) is 3.27. The van der Waals surface area contributed by atoms with Crippen molar-refractivity contribution in [3.63, 3.8) is 0 Å². The maximum Gasteiger partial charge on any atom is 0.253 e. The molecule has 1 unspecified atom stereocenters. The van der Waals surface area contributed by atoms with Crippen LogP contribution >= 0.6 is 0 Å². The van der Waals surface area contributed by atoms with Crippen molar-refractivity contribution in [2.45, 2.75) is 25.2 Å². The van der Waals surface area contributed by atoms with E-state index in [0.29, 0.717) is 31.2 Å². The minimum atomic E-state index is -0.478. The van der Waals surface area contributed by atoms with Crippen molar-refractivity contribution in [1.29, 1.82) is 0 Å². The normalized spacial score (nSPS) is 16.0. The van der Waals surface area contributed by atoms with Gasteiger partial charge in [-0.15, -0.1) is 0 Å². The molecule has 0 radical (unpaired) electrons. The summed E-state index contributed by atoms with van der Waals surface area (Å²) in [7, 11) is 0. The van der Waals surface area contributed by atoms with Crippen LogP contribution in [-0.4, -0.2) is 51.4 Å². The third-order valence-electron chi connectivity index (χ3n) is 5.37. The molecule has 0 saturated carbocycles. The van der Waals surface area contributed by atoms with Crippen LogP contribution in [0.3, 0.4) is 0 Å². The Hall–Kier alpha value is -3.75. The Bertz CT molecular complexity index is 1100. The number of hydrogen-bond acceptors (Lipinski definition) is 6. The van der Waals surface area contributed by atoms with E-state index in [2.05, 4.69) is 15.3 Å². The van der Waals surface area contributed by atoms with Gasteiger partial charge in [-0.3, -0.25) is 14.6 Å². The molecule has 1 atom stereocenters. The summed E-state index contributed by atoms with van der Waals surface area (Å²) < 4.78 is 19.0. The van der Waals surface area contributed by atoms with E-state index >= 15 is 0 Å².